The topological polar surface area (TPSA) is 50.4 Å². The van der Waals surface area contributed by atoms with Crippen LogP contribution < -0.4 is 15.4 Å². The van der Waals surface area contributed by atoms with Crippen LogP contribution in [-0.2, 0) is 6.42 Å². The number of aryl methyl sites for hydroxylation is 1. The zero-order valence-electron chi connectivity index (χ0n) is 16.9. The highest BCUT2D eigenvalue weighted by Gasteiger charge is 2.12. The first-order valence-electron chi connectivity index (χ1n) is 9.59. The lowest BCUT2D eigenvalue weighted by Crippen LogP contribution is -2.34. The molecule has 154 valence electrons. The predicted octanol–water partition coefficient (Wildman–Crippen LogP) is 5.81. The van der Waals surface area contributed by atoms with Crippen LogP contribution in [0.5, 0.6) is 5.75 Å². The van der Waals surface area contributed by atoms with Crippen molar-refractivity contribution in [2.24, 2.45) is 0 Å². The number of carbonyl (C=O) groups is 1. The van der Waals surface area contributed by atoms with Crippen molar-refractivity contribution >= 4 is 44.9 Å². The second-order valence-electron chi connectivity index (χ2n) is 6.88. The number of halogens is 1. The van der Waals surface area contributed by atoms with Crippen molar-refractivity contribution < 1.29 is 9.53 Å². The summed E-state index contributed by atoms with van der Waals surface area (Å²) in [5.41, 5.74) is 4.83. The Hall–Kier alpha value is -2.70. The zero-order chi connectivity index (χ0) is 21.5. The Labute approximate surface area is 190 Å². The Morgan fingerprint density at radius 2 is 1.80 bits per heavy atom. The van der Waals surface area contributed by atoms with Crippen LogP contribution in [0.25, 0.3) is 0 Å². The van der Waals surface area contributed by atoms with Crippen molar-refractivity contribution in [3.05, 3.63) is 93.5 Å². The van der Waals surface area contributed by atoms with E-state index in [9.17, 15) is 4.79 Å². The fourth-order valence-electron chi connectivity index (χ4n) is 2.90. The molecule has 0 saturated carbocycles. The van der Waals surface area contributed by atoms with Gasteiger partial charge in [0.05, 0.1) is 11.1 Å². The molecule has 0 spiro atoms. The van der Waals surface area contributed by atoms with Gasteiger partial charge in [-0.3, -0.25) is 10.1 Å². The molecule has 0 radical (unpaired) electrons. The highest BCUT2D eigenvalue weighted by atomic mass is 79.9. The van der Waals surface area contributed by atoms with E-state index in [0.29, 0.717) is 17.9 Å². The van der Waals surface area contributed by atoms with E-state index in [-0.39, 0.29) is 11.0 Å². The van der Waals surface area contributed by atoms with Crippen LogP contribution >= 0.6 is 28.1 Å². The van der Waals surface area contributed by atoms with Crippen LogP contribution in [0.1, 0.15) is 27.0 Å². The molecule has 0 aromatic heterocycles. The standard InChI is InChI=1S/C24H23BrN2O2S/c1-16-7-6-10-21(17(16)2)26-24(30)27-23(28)19-11-12-22(20(25)15-19)29-14-13-18-8-4-3-5-9-18/h3-12,15H,13-14H2,1-2H3,(H2,26,27,28,30). The van der Waals surface area contributed by atoms with Gasteiger partial charge in [-0.1, -0.05) is 42.5 Å². The monoisotopic (exact) mass is 482 g/mol. The molecular formula is C24H23BrN2O2S. The third-order valence-corrected chi connectivity index (χ3v) is 5.59. The zero-order valence-corrected chi connectivity index (χ0v) is 19.3. The first-order valence-corrected chi connectivity index (χ1v) is 10.8. The van der Waals surface area contributed by atoms with E-state index in [4.69, 9.17) is 17.0 Å². The molecule has 30 heavy (non-hydrogen) atoms. The van der Waals surface area contributed by atoms with Gasteiger partial charge in [-0.15, -0.1) is 0 Å². The summed E-state index contributed by atoms with van der Waals surface area (Å²) in [6.45, 7) is 4.59. The molecule has 0 heterocycles. The number of rotatable bonds is 6. The molecular weight excluding hydrogens is 460 g/mol. The molecule has 2 N–H and O–H groups in total. The van der Waals surface area contributed by atoms with Gasteiger partial charge in [-0.05, 0) is 83.0 Å². The average Bonchev–Trinajstić information content (AvgIpc) is 2.73. The predicted molar refractivity (Wildman–Crippen MR) is 129 cm³/mol. The molecule has 0 atom stereocenters. The summed E-state index contributed by atoms with van der Waals surface area (Å²) in [6.07, 6.45) is 0.813. The minimum absolute atomic E-state index is 0.257. The summed E-state index contributed by atoms with van der Waals surface area (Å²) in [5.74, 6) is 0.410. The average molecular weight is 483 g/mol. The number of hydrogen-bond acceptors (Lipinski definition) is 3. The van der Waals surface area contributed by atoms with Crippen LogP contribution in [0.2, 0.25) is 0 Å². The fraction of sp³-hybridized carbons (Fsp3) is 0.167. The molecule has 0 bridgehead atoms. The number of benzene rings is 3. The van der Waals surface area contributed by atoms with Crippen LogP contribution in [0.4, 0.5) is 5.69 Å². The normalized spacial score (nSPS) is 10.4. The van der Waals surface area contributed by atoms with E-state index in [0.717, 1.165) is 27.7 Å². The Bertz CT molecular complexity index is 1050. The summed E-state index contributed by atoms with van der Waals surface area (Å²) >= 11 is 8.78. The van der Waals surface area contributed by atoms with E-state index in [1.54, 1.807) is 18.2 Å². The van der Waals surface area contributed by atoms with E-state index in [1.807, 2.05) is 50.2 Å². The molecule has 3 aromatic carbocycles. The van der Waals surface area contributed by atoms with E-state index >= 15 is 0 Å². The Morgan fingerprint density at radius 1 is 1.03 bits per heavy atom. The van der Waals surface area contributed by atoms with Gasteiger partial charge in [0, 0.05) is 17.7 Å². The fourth-order valence-corrected chi connectivity index (χ4v) is 3.59. The maximum atomic E-state index is 12.6. The maximum absolute atomic E-state index is 12.6. The maximum Gasteiger partial charge on any atom is 0.257 e. The van der Waals surface area contributed by atoms with E-state index < -0.39 is 0 Å². The lowest BCUT2D eigenvalue weighted by Gasteiger charge is -2.14. The van der Waals surface area contributed by atoms with Crippen LogP contribution in [0.15, 0.2) is 71.2 Å². The Kier molecular flexibility index (Phi) is 7.60. The first kappa shape index (κ1) is 22.0. The first-order chi connectivity index (χ1) is 14.4. The number of amides is 1. The molecule has 0 saturated heterocycles. The largest absolute Gasteiger partial charge is 0.492 e. The quantitative estimate of drug-likeness (QED) is 0.435. The molecule has 3 aromatic rings. The highest BCUT2D eigenvalue weighted by Crippen LogP contribution is 2.26. The lowest BCUT2D eigenvalue weighted by molar-refractivity contribution is 0.0977. The molecule has 0 aliphatic carbocycles. The summed E-state index contributed by atoms with van der Waals surface area (Å²) in [5, 5.41) is 6.06. The Morgan fingerprint density at radius 3 is 2.53 bits per heavy atom. The molecule has 0 unspecified atom stereocenters. The third-order valence-electron chi connectivity index (χ3n) is 4.77. The van der Waals surface area contributed by atoms with Gasteiger partial charge in [0.25, 0.3) is 5.91 Å². The summed E-state index contributed by atoms with van der Waals surface area (Å²) in [7, 11) is 0. The number of carbonyl (C=O) groups excluding carboxylic acids is 1. The third kappa shape index (κ3) is 5.90. The minimum atomic E-state index is -0.283. The number of anilines is 1. The van der Waals surface area contributed by atoms with Gasteiger partial charge >= 0.3 is 0 Å². The molecule has 3 rings (SSSR count). The van der Waals surface area contributed by atoms with Crippen molar-refractivity contribution in [3.63, 3.8) is 0 Å². The van der Waals surface area contributed by atoms with Crippen LogP contribution in [0.3, 0.4) is 0 Å². The summed E-state index contributed by atoms with van der Waals surface area (Å²) in [6, 6.07) is 21.3. The number of ether oxygens (including phenoxy) is 1. The van der Waals surface area contributed by atoms with E-state index in [2.05, 4.69) is 38.7 Å². The minimum Gasteiger partial charge on any atom is -0.492 e. The van der Waals surface area contributed by atoms with Gasteiger partial charge in [-0.25, -0.2) is 0 Å². The van der Waals surface area contributed by atoms with Crippen molar-refractivity contribution in [1.82, 2.24) is 5.32 Å². The number of hydrogen-bond donors (Lipinski definition) is 2. The van der Waals surface area contributed by atoms with Crippen molar-refractivity contribution in [3.8, 4) is 5.75 Å². The summed E-state index contributed by atoms with van der Waals surface area (Å²) < 4.78 is 6.56. The van der Waals surface area contributed by atoms with Crippen molar-refractivity contribution in [2.75, 3.05) is 11.9 Å². The van der Waals surface area contributed by atoms with E-state index in [1.165, 1.54) is 5.56 Å². The second kappa shape index (κ2) is 10.4. The van der Waals surface area contributed by atoms with Gasteiger partial charge in [-0.2, -0.15) is 0 Å². The molecule has 1 amide bonds. The van der Waals surface area contributed by atoms with Crippen LogP contribution in [0, 0.1) is 13.8 Å². The molecule has 6 heteroatoms. The van der Waals surface area contributed by atoms with Crippen molar-refractivity contribution in [2.45, 2.75) is 20.3 Å². The van der Waals surface area contributed by atoms with Gasteiger partial charge in [0.1, 0.15) is 5.75 Å². The smallest absolute Gasteiger partial charge is 0.257 e. The highest BCUT2D eigenvalue weighted by molar-refractivity contribution is 9.10. The van der Waals surface area contributed by atoms with Crippen molar-refractivity contribution in [1.29, 1.82) is 0 Å². The summed E-state index contributed by atoms with van der Waals surface area (Å²) in [4.78, 5) is 12.6. The number of nitrogens with one attached hydrogen (secondary N) is 2. The van der Waals surface area contributed by atoms with Gasteiger partial charge in [0.15, 0.2) is 5.11 Å². The molecule has 0 fully saturated rings. The van der Waals surface area contributed by atoms with Gasteiger partial charge < -0.3 is 10.1 Å². The van der Waals surface area contributed by atoms with Crippen LogP contribution in [-0.4, -0.2) is 17.6 Å². The molecule has 4 nitrogen and oxygen atoms in total. The second-order valence-corrected chi connectivity index (χ2v) is 8.15. The molecule has 0 aliphatic heterocycles. The Balaban J connectivity index is 1.56. The SMILES string of the molecule is Cc1cccc(NC(=S)NC(=O)c2ccc(OCCc3ccccc3)c(Br)c2)c1C. The number of thiocarbonyl (C=S) groups is 1. The lowest BCUT2D eigenvalue weighted by atomic mass is 10.1. The van der Waals surface area contributed by atoms with Gasteiger partial charge in [0.2, 0.25) is 0 Å². The molecule has 0 aliphatic rings.